The van der Waals surface area contributed by atoms with E-state index in [9.17, 15) is 4.79 Å². The summed E-state index contributed by atoms with van der Waals surface area (Å²) in [5, 5.41) is 3.93. The van der Waals surface area contributed by atoms with Crippen LogP contribution in [0.1, 0.15) is 5.56 Å². The van der Waals surface area contributed by atoms with Crippen LogP contribution in [0.2, 0.25) is 10.0 Å². The molecule has 0 fully saturated rings. The van der Waals surface area contributed by atoms with Crippen LogP contribution in [0.4, 0.5) is 0 Å². The Hall–Kier alpha value is -1.60. The SMILES string of the molecule is O=C(CSc1cc(Cl)ccc1Cl)NCC#Cc1ccccc1. The van der Waals surface area contributed by atoms with E-state index in [1.807, 2.05) is 30.3 Å². The minimum absolute atomic E-state index is 0.0941. The van der Waals surface area contributed by atoms with Gasteiger partial charge in [-0.2, -0.15) is 0 Å². The predicted molar refractivity (Wildman–Crippen MR) is 93.5 cm³/mol. The molecule has 0 aromatic heterocycles. The van der Waals surface area contributed by atoms with E-state index in [-0.39, 0.29) is 11.7 Å². The van der Waals surface area contributed by atoms with Crippen molar-refractivity contribution in [2.75, 3.05) is 12.3 Å². The van der Waals surface area contributed by atoms with E-state index in [1.165, 1.54) is 11.8 Å². The van der Waals surface area contributed by atoms with Crippen LogP contribution in [0.3, 0.4) is 0 Å². The lowest BCUT2D eigenvalue weighted by molar-refractivity contribution is -0.118. The second kappa shape index (κ2) is 8.75. The second-order valence-corrected chi connectivity index (χ2v) is 6.17. The smallest absolute Gasteiger partial charge is 0.231 e. The summed E-state index contributed by atoms with van der Waals surface area (Å²) in [6, 6.07) is 14.8. The number of amides is 1. The molecule has 0 unspecified atom stereocenters. The van der Waals surface area contributed by atoms with E-state index >= 15 is 0 Å². The first kappa shape index (κ1) is 16.8. The summed E-state index contributed by atoms with van der Waals surface area (Å²) in [5.74, 6) is 6.07. The van der Waals surface area contributed by atoms with Crippen LogP contribution in [0.25, 0.3) is 0 Å². The van der Waals surface area contributed by atoms with Crippen LogP contribution in [-0.2, 0) is 4.79 Å². The number of carbonyl (C=O) groups excluding carboxylic acids is 1. The Labute approximate surface area is 144 Å². The summed E-state index contributed by atoms with van der Waals surface area (Å²) in [7, 11) is 0. The summed E-state index contributed by atoms with van der Waals surface area (Å²) >= 11 is 13.3. The quantitative estimate of drug-likeness (QED) is 0.660. The average Bonchev–Trinajstić information content (AvgIpc) is 2.53. The first-order valence-corrected chi connectivity index (χ1v) is 8.28. The van der Waals surface area contributed by atoms with Crippen molar-refractivity contribution in [2.45, 2.75) is 4.90 Å². The average molecular weight is 350 g/mol. The largest absolute Gasteiger partial charge is 0.344 e. The van der Waals surface area contributed by atoms with Gasteiger partial charge in [0.2, 0.25) is 5.91 Å². The highest BCUT2D eigenvalue weighted by Crippen LogP contribution is 2.29. The third-order valence-electron chi connectivity index (χ3n) is 2.63. The third-order valence-corrected chi connectivity index (χ3v) is 4.36. The van der Waals surface area contributed by atoms with Crippen molar-refractivity contribution in [3.05, 3.63) is 64.1 Å². The molecule has 2 aromatic rings. The molecule has 0 spiro atoms. The molecule has 112 valence electrons. The van der Waals surface area contributed by atoms with E-state index in [2.05, 4.69) is 17.2 Å². The molecule has 5 heteroatoms. The van der Waals surface area contributed by atoms with Crippen LogP contribution >= 0.6 is 35.0 Å². The highest BCUT2D eigenvalue weighted by atomic mass is 35.5. The van der Waals surface area contributed by atoms with Gasteiger partial charge in [-0.25, -0.2) is 0 Å². The molecule has 2 nitrogen and oxygen atoms in total. The van der Waals surface area contributed by atoms with Gasteiger partial charge in [-0.3, -0.25) is 4.79 Å². The number of benzene rings is 2. The van der Waals surface area contributed by atoms with Crippen molar-refractivity contribution in [3.8, 4) is 11.8 Å². The van der Waals surface area contributed by atoms with Crippen LogP contribution in [0.15, 0.2) is 53.4 Å². The molecule has 2 aromatic carbocycles. The fourth-order valence-electron chi connectivity index (χ4n) is 1.59. The van der Waals surface area contributed by atoms with Gasteiger partial charge >= 0.3 is 0 Å². The number of rotatable bonds is 4. The van der Waals surface area contributed by atoms with Crippen LogP contribution in [0, 0.1) is 11.8 Å². The molecule has 0 aliphatic heterocycles. The van der Waals surface area contributed by atoms with Crippen LogP contribution in [0.5, 0.6) is 0 Å². The van der Waals surface area contributed by atoms with E-state index in [1.54, 1.807) is 18.2 Å². The van der Waals surface area contributed by atoms with Crippen molar-refractivity contribution in [1.82, 2.24) is 5.32 Å². The Bertz CT molecular complexity index is 708. The van der Waals surface area contributed by atoms with Gasteiger partial charge in [-0.05, 0) is 30.3 Å². The first-order valence-electron chi connectivity index (χ1n) is 6.53. The molecule has 1 N–H and O–H groups in total. The van der Waals surface area contributed by atoms with Crippen molar-refractivity contribution in [3.63, 3.8) is 0 Å². The molecule has 1 amide bonds. The maximum absolute atomic E-state index is 11.7. The predicted octanol–water partition coefficient (Wildman–Crippen LogP) is 4.25. The molecular weight excluding hydrogens is 337 g/mol. The zero-order chi connectivity index (χ0) is 15.8. The van der Waals surface area contributed by atoms with Gasteiger partial charge in [0.05, 0.1) is 17.3 Å². The summed E-state index contributed by atoms with van der Waals surface area (Å²) in [6.07, 6.45) is 0. The van der Waals surface area contributed by atoms with Gasteiger partial charge in [-0.1, -0.05) is 53.2 Å². The Balaban J connectivity index is 1.77. The van der Waals surface area contributed by atoms with Gasteiger partial charge in [0.25, 0.3) is 0 Å². The molecule has 22 heavy (non-hydrogen) atoms. The monoisotopic (exact) mass is 349 g/mol. The fourth-order valence-corrected chi connectivity index (χ4v) is 2.92. The van der Waals surface area contributed by atoms with Crippen molar-refractivity contribution in [1.29, 1.82) is 0 Å². The number of thioether (sulfide) groups is 1. The molecule has 0 aliphatic rings. The lowest BCUT2D eigenvalue weighted by Crippen LogP contribution is -2.25. The van der Waals surface area contributed by atoms with Crippen LogP contribution < -0.4 is 5.32 Å². The van der Waals surface area contributed by atoms with Gasteiger partial charge < -0.3 is 5.32 Å². The molecule has 2 rings (SSSR count). The molecule has 0 aliphatic carbocycles. The topological polar surface area (TPSA) is 29.1 Å². The second-order valence-electron chi connectivity index (χ2n) is 4.31. The minimum Gasteiger partial charge on any atom is -0.344 e. The highest BCUT2D eigenvalue weighted by molar-refractivity contribution is 8.00. The Kier molecular flexibility index (Phi) is 6.67. The zero-order valence-electron chi connectivity index (χ0n) is 11.6. The maximum atomic E-state index is 11.7. The summed E-state index contributed by atoms with van der Waals surface area (Å²) in [5.41, 5.74) is 0.928. The summed E-state index contributed by atoms with van der Waals surface area (Å²) in [6.45, 7) is 0.317. The number of nitrogens with one attached hydrogen (secondary N) is 1. The Morgan fingerprint density at radius 2 is 1.91 bits per heavy atom. The Morgan fingerprint density at radius 3 is 2.68 bits per heavy atom. The molecular formula is C17H13Cl2NOS. The number of hydrogen-bond acceptors (Lipinski definition) is 2. The Morgan fingerprint density at radius 1 is 1.14 bits per heavy atom. The van der Waals surface area contributed by atoms with Gasteiger partial charge in [0.1, 0.15) is 0 Å². The van der Waals surface area contributed by atoms with Crippen molar-refractivity contribution < 1.29 is 4.79 Å². The van der Waals surface area contributed by atoms with E-state index in [0.717, 1.165) is 10.5 Å². The maximum Gasteiger partial charge on any atom is 0.231 e. The van der Waals surface area contributed by atoms with Crippen molar-refractivity contribution >= 4 is 40.9 Å². The van der Waals surface area contributed by atoms with E-state index in [0.29, 0.717) is 16.6 Å². The van der Waals surface area contributed by atoms with Gasteiger partial charge in [0, 0.05) is 15.5 Å². The lowest BCUT2D eigenvalue weighted by Gasteiger charge is -2.04. The van der Waals surface area contributed by atoms with E-state index in [4.69, 9.17) is 23.2 Å². The molecule has 0 saturated heterocycles. The van der Waals surface area contributed by atoms with Gasteiger partial charge in [0.15, 0.2) is 0 Å². The minimum atomic E-state index is -0.0941. The van der Waals surface area contributed by atoms with E-state index < -0.39 is 0 Å². The summed E-state index contributed by atoms with van der Waals surface area (Å²) < 4.78 is 0. The lowest BCUT2D eigenvalue weighted by atomic mass is 10.2. The zero-order valence-corrected chi connectivity index (χ0v) is 13.9. The van der Waals surface area contributed by atoms with Crippen molar-refractivity contribution in [2.24, 2.45) is 0 Å². The molecule has 0 saturated carbocycles. The van der Waals surface area contributed by atoms with Crippen LogP contribution in [-0.4, -0.2) is 18.2 Å². The fraction of sp³-hybridized carbons (Fsp3) is 0.118. The number of carbonyl (C=O) groups is 1. The number of halogens is 2. The standard InChI is InChI=1S/C17H13Cl2NOS/c18-14-8-9-15(19)16(11-14)22-12-17(21)20-10-4-7-13-5-2-1-3-6-13/h1-3,5-6,8-9,11H,10,12H2,(H,20,21). The first-order chi connectivity index (χ1) is 10.6. The normalized spacial score (nSPS) is 9.73. The molecule has 0 heterocycles. The summed E-state index contributed by atoms with van der Waals surface area (Å²) in [4.78, 5) is 12.5. The molecule has 0 bridgehead atoms. The number of hydrogen-bond donors (Lipinski definition) is 1. The van der Waals surface area contributed by atoms with Gasteiger partial charge in [-0.15, -0.1) is 11.8 Å². The molecule has 0 radical (unpaired) electrons. The third kappa shape index (κ3) is 5.65. The highest BCUT2D eigenvalue weighted by Gasteiger charge is 2.05. The molecule has 0 atom stereocenters.